The van der Waals surface area contributed by atoms with Crippen LogP contribution in [-0.4, -0.2) is 63.3 Å². The maximum Gasteiger partial charge on any atom is 0.274 e. The van der Waals surface area contributed by atoms with E-state index in [0.717, 1.165) is 44.7 Å². The van der Waals surface area contributed by atoms with E-state index in [2.05, 4.69) is 20.0 Å². The molecule has 4 rings (SSSR count). The molecule has 0 unspecified atom stereocenters. The number of anilines is 1. The molecule has 1 fully saturated rings. The van der Waals surface area contributed by atoms with Gasteiger partial charge in [0.25, 0.3) is 5.91 Å². The minimum Gasteiger partial charge on any atom is -0.478 e. The van der Waals surface area contributed by atoms with E-state index in [1.165, 1.54) is 0 Å². The standard InChI is InChI=1S/C17H22N6O2/c1-21(15-3-6-18-12-19-15)13-4-8-22(9-5-13)17(24)14-11-16-23(20-14)7-2-10-25-16/h3,6,11-13H,2,4-5,7-10H2,1H3. The summed E-state index contributed by atoms with van der Waals surface area (Å²) in [6.45, 7) is 2.96. The Labute approximate surface area is 146 Å². The van der Waals surface area contributed by atoms with Crippen LogP contribution in [0.25, 0.3) is 0 Å². The van der Waals surface area contributed by atoms with Gasteiger partial charge in [0.2, 0.25) is 5.88 Å². The van der Waals surface area contributed by atoms with Crippen LogP contribution in [0.5, 0.6) is 5.88 Å². The number of carbonyl (C=O) groups is 1. The number of aromatic nitrogens is 4. The lowest BCUT2D eigenvalue weighted by Gasteiger charge is -2.37. The smallest absolute Gasteiger partial charge is 0.274 e. The first-order valence-electron chi connectivity index (χ1n) is 8.71. The summed E-state index contributed by atoms with van der Waals surface area (Å²) in [6.07, 6.45) is 6.07. The number of aryl methyl sites for hydroxylation is 1. The van der Waals surface area contributed by atoms with Crippen LogP contribution < -0.4 is 9.64 Å². The number of ether oxygens (including phenoxy) is 1. The zero-order valence-electron chi connectivity index (χ0n) is 14.3. The Morgan fingerprint density at radius 3 is 2.88 bits per heavy atom. The molecule has 0 aliphatic carbocycles. The van der Waals surface area contributed by atoms with Crippen LogP contribution in [0.3, 0.4) is 0 Å². The molecule has 132 valence electrons. The number of rotatable bonds is 3. The topological polar surface area (TPSA) is 76.4 Å². The minimum atomic E-state index is -0.00589. The molecule has 4 heterocycles. The third-order valence-electron chi connectivity index (χ3n) is 4.95. The number of piperidine rings is 1. The lowest BCUT2D eigenvalue weighted by atomic mass is 10.0. The van der Waals surface area contributed by atoms with Gasteiger partial charge in [-0.2, -0.15) is 5.10 Å². The first kappa shape index (κ1) is 15.9. The Morgan fingerprint density at radius 2 is 2.16 bits per heavy atom. The van der Waals surface area contributed by atoms with Crippen molar-refractivity contribution in [1.82, 2.24) is 24.6 Å². The molecule has 8 nitrogen and oxygen atoms in total. The summed E-state index contributed by atoms with van der Waals surface area (Å²) >= 11 is 0. The van der Waals surface area contributed by atoms with Crippen molar-refractivity contribution in [2.75, 3.05) is 31.6 Å². The van der Waals surface area contributed by atoms with Gasteiger partial charge in [-0.15, -0.1) is 0 Å². The summed E-state index contributed by atoms with van der Waals surface area (Å²) in [4.78, 5) is 25.0. The summed E-state index contributed by atoms with van der Waals surface area (Å²) in [5.74, 6) is 1.61. The average Bonchev–Trinajstić information content (AvgIpc) is 3.12. The fourth-order valence-corrected chi connectivity index (χ4v) is 3.47. The number of likely N-dealkylation sites (tertiary alicyclic amines) is 1. The number of nitrogens with zero attached hydrogens (tertiary/aromatic N) is 6. The van der Waals surface area contributed by atoms with Gasteiger partial charge in [0.1, 0.15) is 12.1 Å². The van der Waals surface area contributed by atoms with Gasteiger partial charge in [-0.3, -0.25) is 4.79 Å². The van der Waals surface area contributed by atoms with E-state index >= 15 is 0 Å². The predicted molar refractivity (Wildman–Crippen MR) is 91.7 cm³/mol. The van der Waals surface area contributed by atoms with Gasteiger partial charge in [-0.1, -0.05) is 0 Å². The van der Waals surface area contributed by atoms with E-state index in [0.29, 0.717) is 24.2 Å². The fraction of sp³-hybridized carbons (Fsp3) is 0.529. The van der Waals surface area contributed by atoms with Gasteiger partial charge in [-0.25, -0.2) is 14.6 Å². The Bertz CT molecular complexity index is 715. The quantitative estimate of drug-likeness (QED) is 0.834. The molecular weight excluding hydrogens is 320 g/mol. The van der Waals surface area contributed by atoms with Crippen molar-refractivity contribution in [2.45, 2.75) is 31.8 Å². The largest absolute Gasteiger partial charge is 0.478 e. The van der Waals surface area contributed by atoms with Crippen molar-refractivity contribution in [1.29, 1.82) is 0 Å². The highest BCUT2D eigenvalue weighted by Crippen LogP contribution is 2.23. The molecule has 1 amide bonds. The van der Waals surface area contributed by atoms with Crippen molar-refractivity contribution in [3.63, 3.8) is 0 Å². The van der Waals surface area contributed by atoms with Crippen LogP contribution >= 0.6 is 0 Å². The Hall–Kier alpha value is -2.64. The number of hydrogen-bond acceptors (Lipinski definition) is 6. The summed E-state index contributed by atoms with van der Waals surface area (Å²) in [6, 6.07) is 4.05. The maximum absolute atomic E-state index is 12.7. The van der Waals surface area contributed by atoms with Crippen molar-refractivity contribution >= 4 is 11.7 Å². The van der Waals surface area contributed by atoms with E-state index < -0.39 is 0 Å². The monoisotopic (exact) mass is 342 g/mol. The molecular formula is C17H22N6O2. The highest BCUT2D eigenvalue weighted by Gasteiger charge is 2.28. The number of fused-ring (bicyclic) bond motifs is 1. The highest BCUT2D eigenvalue weighted by atomic mass is 16.5. The van der Waals surface area contributed by atoms with E-state index in [1.54, 1.807) is 23.3 Å². The number of carbonyl (C=O) groups excluding carboxylic acids is 1. The van der Waals surface area contributed by atoms with E-state index in [9.17, 15) is 4.79 Å². The molecule has 25 heavy (non-hydrogen) atoms. The average molecular weight is 342 g/mol. The molecule has 8 heteroatoms. The Morgan fingerprint density at radius 1 is 1.32 bits per heavy atom. The molecule has 0 atom stereocenters. The molecule has 0 bridgehead atoms. The molecule has 0 spiro atoms. The van der Waals surface area contributed by atoms with E-state index in [4.69, 9.17) is 4.74 Å². The molecule has 0 N–H and O–H groups in total. The number of amides is 1. The molecule has 0 radical (unpaired) electrons. The minimum absolute atomic E-state index is 0.00589. The summed E-state index contributed by atoms with van der Waals surface area (Å²) < 4.78 is 7.33. The van der Waals surface area contributed by atoms with Gasteiger partial charge >= 0.3 is 0 Å². The van der Waals surface area contributed by atoms with Crippen LogP contribution in [0, 0.1) is 0 Å². The van der Waals surface area contributed by atoms with E-state index in [1.807, 2.05) is 18.0 Å². The van der Waals surface area contributed by atoms with Crippen molar-refractivity contribution in [3.05, 3.63) is 30.4 Å². The number of hydrogen-bond donors (Lipinski definition) is 0. The van der Waals surface area contributed by atoms with Crippen molar-refractivity contribution < 1.29 is 9.53 Å². The molecule has 2 aliphatic heterocycles. The summed E-state index contributed by atoms with van der Waals surface area (Å²) in [7, 11) is 2.05. The van der Waals surface area contributed by atoms with Crippen molar-refractivity contribution in [3.8, 4) is 5.88 Å². The lowest BCUT2D eigenvalue weighted by molar-refractivity contribution is 0.0706. The van der Waals surface area contributed by atoms with Crippen LogP contribution in [-0.2, 0) is 6.54 Å². The van der Waals surface area contributed by atoms with Gasteiger partial charge in [0, 0.05) is 51.4 Å². The van der Waals surface area contributed by atoms with Crippen LogP contribution in [0.4, 0.5) is 5.82 Å². The third-order valence-corrected chi connectivity index (χ3v) is 4.95. The normalized spacial score (nSPS) is 17.7. The second kappa shape index (κ2) is 6.70. The molecule has 0 saturated carbocycles. The van der Waals surface area contributed by atoms with Crippen LogP contribution in [0.15, 0.2) is 24.7 Å². The SMILES string of the molecule is CN(c1ccncn1)C1CCN(C(=O)c2cc3n(n2)CCCO3)CC1. The van der Waals surface area contributed by atoms with Gasteiger partial charge in [0.05, 0.1) is 6.61 Å². The summed E-state index contributed by atoms with van der Waals surface area (Å²) in [5.41, 5.74) is 0.486. The second-order valence-electron chi connectivity index (χ2n) is 6.49. The second-order valence-corrected chi connectivity index (χ2v) is 6.49. The lowest BCUT2D eigenvalue weighted by Crippen LogP contribution is -2.46. The molecule has 2 aliphatic rings. The zero-order chi connectivity index (χ0) is 17.2. The van der Waals surface area contributed by atoms with Crippen molar-refractivity contribution in [2.24, 2.45) is 0 Å². The summed E-state index contributed by atoms with van der Waals surface area (Å²) in [5, 5.41) is 4.40. The van der Waals surface area contributed by atoms with Crippen LogP contribution in [0.1, 0.15) is 29.8 Å². The molecule has 2 aromatic heterocycles. The Kier molecular flexibility index (Phi) is 4.25. The first-order valence-corrected chi connectivity index (χ1v) is 8.71. The van der Waals surface area contributed by atoms with Crippen LogP contribution in [0.2, 0.25) is 0 Å². The predicted octanol–water partition coefficient (Wildman–Crippen LogP) is 1.20. The molecule has 1 saturated heterocycles. The Balaban J connectivity index is 1.38. The third kappa shape index (κ3) is 3.16. The fourth-order valence-electron chi connectivity index (χ4n) is 3.47. The van der Waals surface area contributed by atoms with Gasteiger partial charge in [0.15, 0.2) is 5.69 Å². The van der Waals surface area contributed by atoms with Gasteiger partial charge < -0.3 is 14.5 Å². The maximum atomic E-state index is 12.7. The molecule has 2 aromatic rings. The zero-order valence-corrected chi connectivity index (χ0v) is 14.3. The van der Waals surface area contributed by atoms with Gasteiger partial charge in [-0.05, 0) is 18.9 Å². The first-order chi connectivity index (χ1) is 12.2. The molecule has 0 aromatic carbocycles. The highest BCUT2D eigenvalue weighted by molar-refractivity contribution is 5.92. The van der Waals surface area contributed by atoms with E-state index in [-0.39, 0.29) is 5.91 Å².